The van der Waals surface area contributed by atoms with Crippen molar-refractivity contribution in [3.63, 3.8) is 0 Å². The number of aliphatic hydroxyl groups is 1. The Morgan fingerprint density at radius 1 is 1.53 bits per heavy atom. The molecule has 1 aromatic heterocycles. The summed E-state index contributed by atoms with van der Waals surface area (Å²) in [5.74, 6) is 0.520. The third-order valence-corrected chi connectivity index (χ3v) is 3.14. The minimum atomic E-state index is -0.478. The number of rotatable bonds is 5. The van der Waals surface area contributed by atoms with E-state index in [9.17, 15) is 5.11 Å². The molecule has 0 spiro atoms. The highest BCUT2D eigenvalue weighted by Crippen LogP contribution is 2.13. The van der Waals surface area contributed by atoms with Gasteiger partial charge in [-0.1, -0.05) is 13.8 Å². The first kappa shape index (κ1) is 12.6. The van der Waals surface area contributed by atoms with Gasteiger partial charge in [0.15, 0.2) is 0 Å². The van der Waals surface area contributed by atoms with Gasteiger partial charge in [-0.15, -0.1) is 11.3 Å². The first-order valence-electron chi connectivity index (χ1n) is 5.33. The molecule has 0 saturated heterocycles. The molecular weight excluding hydrogens is 208 g/mol. The van der Waals surface area contributed by atoms with E-state index >= 15 is 0 Å². The monoisotopic (exact) mass is 228 g/mol. The standard InChI is InChI=1S/C11H20N2OS/c1-7(2)4-10(12)11(14)5-9-6-15-8(3)13-9/h6-7,10-11,14H,4-5,12H2,1-3H3. The average Bonchev–Trinajstić information content (AvgIpc) is 2.50. The van der Waals surface area contributed by atoms with Gasteiger partial charge in [-0.2, -0.15) is 0 Å². The number of aromatic nitrogens is 1. The fraction of sp³-hybridized carbons (Fsp3) is 0.727. The summed E-state index contributed by atoms with van der Waals surface area (Å²) in [4.78, 5) is 4.32. The van der Waals surface area contributed by atoms with Crippen molar-refractivity contribution in [1.82, 2.24) is 4.98 Å². The van der Waals surface area contributed by atoms with Gasteiger partial charge in [-0.25, -0.2) is 4.98 Å². The Kier molecular flexibility index (Phi) is 4.70. The molecule has 15 heavy (non-hydrogen) atoms. The second-order valence-electron chi connectivity index (χ2n) is 4.42. The van der Waals surface area contributed by atoms with Gasteiger partial charge in [-0.3, -0.25) is 0 Å². The number of hydrogen-bond acceptors (Lipinski definition) is 4. The van der Waals surface area contributed by atoms with Crippen LogP contribution >= 0.6 is 11.3 Å². The van der Waals surface area contributed by atoms with Crippen LogP contribution in [0, 0.1) is 12.8 Å². The van der Waals surface area contributed by atoms with Crippen molar-refractivity contribution in [2.24, 2.45) is 11.7 Å². The highest BCUT2D eigenvalue weighted by Gasteiger charge is 2.17. The number of nitrogens with two attached hydrogens (primary N) is 1. The van der Waals surface area contributed by atoms with Gasteiger partial charge in [0.1, 0.15) is 0 Å². The van der Waals surface area contributed by atoms with Crippen LogP contribution < -0.4 is 5.73 Å². The minimum absolute atomic E-state index is 0.146. The van der Waals surface area contributed by atoms with Crippen LogP contribution in [0.15, 0.2) is 5.38 Å². The molecule has 0 radical (unpaired) electrons. The van der Waals surface area contributed by atoms with E-state index in [1.165, 1.54) is 0 Å². The van der Waals surface area contributed by atoms with Gasteiger partial charge in [0.05, 0.1) is 16.8 Å². The van der Waals surface area contributed by atoms with E-state index in [-0.39, 0.29) is 6.04 Å². The number of aliphatic hydroxyl groups excluding tert-OH is 1. The summed E-state index contributed by atoms with van der Waals surface area (Å²) < 4.78 is 0. The van der Waals surface area contributed by atoms with Gasteiger partial charge in [-0.05, 0) is 19.3 Å². The van der Waals surface area contributed by atoms with E-state index in [2.05, 4.69) is 18.8 Å². The second-order valence-corrected chi connectivity index (χ2v) is 5.48. The van der Waals surface area contributed by atoms with E-state index in [0.717, 1.165) is 17.1 Å². The molecule has 4 heteroatoms. The molecule has 3 nitrogen and oxygen atoms in total. The molecule has 0 bridgehead atoms. The Hall–Kier alpha value is -0.450. The molecule has 1 aromatic rings. The zero-order chi connectivity index (χ0) is 11.4. The largest absolute Gasteiger partial charge is 0.391 e. The first-order chi connectivity index (χ1) is 6.99. The van der Waals surface area contributed by atoms with Gasteiger partial charge in [0.2, 0.25) is 0 Å². The fourth-order valence-electron chi connectivity index (χ4n) is 1.57. The number of nitrogens with zero attached hydrogens (tertiary/aromatic N) is 1. The topological polar surface area (TPSA) is 59.1 Å². The molecule has 1 rings (SSSR count). The Labute approximate surface area is 95.3 Å². The summed E-state index contributed by atoms with van der Waals surface area (Å²) in [6.45, 7) is 6.19. The number of aryl methyl sites for hydroxylation is 1. The lowest BCUT2D eigenvalue weighted by atomic mass is 9.97. The van der Waals surface area contributed by atoms with Crippen LogP contribution in [-0.4, -0.2) is 22.2 Å². The highest BCUT2D eigenvalue weighted by atomic mass is 32.1. The van der Waals surface area contributed by atoms with Crippen molar-refractivity contribution in [3.05, 3.63) is 16.1 Å². The zero-order valence-corrected chi connectivity index (χ0v) is 10.4. The van der Waals surface area contributed by atoms with Crippen LogP contribution in [0.4, 0.5) is 0 Å². The normalized spacial score (nSPS) is 15.6. The van der Waals surface area contributed by atoms with Crippen molar-refractivity contribution in [2.45, 2.75) is 45.8 Å². The fourth-order valence-corrected chi connectivity index (χ4v) is 2.19. The van der Waals surface area contributed by atoms with Crippen LogP contribution in [0.25, 0.3) is 0 Å². The molecule has 86 valence electrons. The molecule has 0 aliphatic rings. The van der Waals surface area contributed by atoms with Crippen molar-refractivity contribution in [2.75, 3.05) is 0 Å². The van der Waals surface area contributed by atoms with Crippen LogP contribution in [0.5, 0.6) is 0 Å². The molecule has 2 atom stereocenters. The molecule has 0 fully saturated rings. The Morgan fingerprint density at radius 3 is 2.67 bits per heavy atom. The quantitative estimate of drug-likeness (QED) is 0.807. The lowest BCUT2D eigenvalue weighted by molar-refractivity contribution is 0.133. The first-order valence-corrected chi connectivity index (χ1v) is 6.21. The third kappa shape index (κ3) is 4.28. The number of hydrogen-bond donors (Lipinski definition) is 2. The molecule has 0 amide bonds. The molecule has 0 aliphatic carbocycles. The van der Waals surface area contributed by atoms with Crippen molar-refractivity contribution < 1.29 is 5.11 Å². The molecule has 0 aromatic carbocycles. The van der Waals surface area contributed by atoms with Crippen LogP contribution in [0.3, 0.4) is 0 Å². The maximum atomic E-state index is 9.87. The summed E-state index contributed by atoms with van der Waals surface area (Å²) in [6, 6.07) is -0.146. The zero-order valence-electron chi connectivity index (χ0n) is 9.60. The van der Waals surface area contributed by atoms with Gasteiger partial charge in [0, 0.05) is 17.8 Å². The molecule has 2 unspecified atom stereocenters. The maximum absolute atomic E-state index is 9.87. The smallest absolute Gasteiger partial charge is 0.0897 e. The van der Waals surface area contributed by atoms with E-state index in [1.807, 2.05) is 12.3 Å². The molecule has 0 saturated carbocycles. The highest BCUT2D eigenvalue weighted by molar-refractivity contribution is 7.09. The summed E-state index contributed by atoms with van der Waals surface area (Å²) in [6.07, 6.45) is 0.941. The predicted octanol–water partition coefficient (Wildman–Crippen LogP) is 1.73. The van der Waals surface area contributed by atoms with Crippen molar-refractivity contribution in [1.29, 1.82) is 0 Å². The maximum Gasteiger partial charge on any atom is 0.0897 e. The molecule has 3 N–H and O–H groups in total. The Bertz CT molecular complexity index is 299. The van der Waals surface area contributed by atoms with E-state index in [1.54, 1.807) is 11.3 Å². The average molecular weight is 228 g/mol. The van der Waals surface area contributed by atoms with Crippen molar-refractivity contribution >= 4 is 11.3 Å². The summed E-state index contributed by atoms with van der Waals surface area (Å²) in [7, 11) is 0. The van der Waals surface area contributed by atoms with E-state index < -0.39 is 6.10 Å². The van der Waals surface area contributed by atoms with E-state index in [4.69, 9.17) is 5.73 Å². The second kappa shape index (κ2) is 5.58. The minimum Gasteiger partial charge on any atom is -0.391 e. The summed E-state index contributed by atoms with van der Waals surface area (Å²) in [5.41, 5.74) is 6.85. The lowest BCUT2D eigenvalue weighted by Gasteiger charge is -2.19. The number of thiazole rings is 1. The van der Waals surface area contributed by atoms with Crippen LogP contribution in [0.2, 0.25) is 0 Å². The van der Waals surface area contributed by atoms with Gasteiger partial charge < -0.3 is 10.8 Å². The van der Waals surface area contributed by atoms with Gasteiger partial charge >= 0.3 is 0 Å². The SMILES string of the molecule is Cc1nc(CC(O)C(N)CC(C)C)cs1. The summed E-state index contributed by atoms with van der Waals surface area (Å²) >= 11 is 1.61. The molecule has 1 heterocycles. The Morgan fingerprint density at radius 2 is 2.20 bits per heavy atom. The Balaban J connectivity index is 2.44. The van der Waals surface area contributed by atoms with Crippen molar-refractivity contribution in [3.8, 4) is 0 Å². The van der Waals surface area contributed by atoms with Crippen LogP contribution in [-0.2, 0) is 6.42 Å². The van der Waals surface area contributed by atoms with E-state index in [0.29, 0.717) is 12.3 Å². The predicted molar refractivity (Wildman–Crippen MR) is 64.0 cm³/mol. The lowest BCUT2D eigenvalue weighted by Crippen LogP contribution is -2.37. The molecule has 0 aliphatic heterocycles. The molecular formula is C11H20N2OS. The third-order valence-electron chi connectivity index (χ3n) is 2.32. The van der Waals surface area contributed by atoms with Crippen LogP contribution in [0.1, 0.15) is 31.0 Å². The summed E-state index contributed by atoms with van der Waals surface area (Å²) in [5, 5.41) is 12.9. The van der Waals surface area contributed by atoms with Gasteiger partial charge in [0.25, 0.3) is 0 Å².